The van der Waals surface area contributed by atoms with Crippen LogP contribution in [0.4, 0.5) is 0 Å². The highest BCUT2D eigenvalue weighted by Crippen LogP contribution is 2.85. The number of nitrogens with zero attached hydrogens (tertiary/aromatic N) is 8. The van der Waals surface area contributed by atoms with E-state index < -0.39 is 40.4 Å². The van der Waals surface area contributed by atoms with Gasteiger partial charge >= 0.3 is 13.6 Å². The number of unbranched alkanes of at least 4 members (excludes halogenated alkanes) is 1. The maximum Gasteiger partial charge on any atom is 0.300 e. The van der Waals surface area contributed by atoms with E-state index in [2.05, 4.69) is 37.6 Å². The molecule has 0 amide bonds. The zero-order valence-electron chi connectivity index (χ0n) is 19.5. The van der Waals surface area contributed by atoms with Crippen LogP contribution in [0.15, 0.2) is 27.1 Å². The first kappa shape index (κ1) is 31.3. The van der Waals surface area contributed by atoms with Crippen LogP contribution in [0.2, 0.25) is 0 Å². The summed E-state index contributed by atoms with van der Waals surface area (Å²) in [5.41, 5.74) is 0. The van der Waals surface area contributed by atoms with Crippen LogP contribution in [0.3, 0.4) is 0 Å². The summed E-state index contributed by atoms with van der Waals surface area (Å²) in [5, 5.41) is 6.96. The Morgan fingerprint density at radius 1 is 0.595 bits per heavy atom. The van der Waals surface area contributed by atoms with Gasteiger partial charge in [0.2, 0.25) is 15.0 Å². The molecule has 0 aromatic carbocycles. The molecule has 4 atom stereocenters. The molecule has 5 heterocycles. The monoisotopic (exact) mass is 752 g/mol. The lowest BCUT2D eigenvalue weighted by Gasteiger charge is -2.41. The summed E-state index contributed by atoms with van der Waals surface area (Å²) in [6.45, 7) is -0.410. The van der Waals surface area contributed by atoms with Crippen molar-refractivity contribution in [1.82, 2.24) is 19.5 Å². The molecule has 2 fully saturated rings. The van der Waals surface area contributed by atoms with E-state index >= 15 is 0 Å². The van der Waals surface area contributed by atoms with Crippen LogP contribution in [-0.2, 0) is 9.05 Å². The van der Waals surface area contributed by atoms with Gasteiger partial charge in [0, 0.05) is 39.3 Å². The van der Waals surface area contributed by atoms with Gasteiger partial charge in [-0.25, -0.2) is 9.34 Å². The van der Waals surface area contributed by atoms with Gasteiger partial charge in [-0.3, -0.25) is 10.2 Å². The Labute approximate surface area is 246 Å². The number of halogens is 6. The van der Waals surface area contributed by atoms with Crippen LogP contribution < -0.4 is 10.2 Å². The van der Waals surface area contributed by atoms with E-state index in [1.54, 1.807) is 0 Å². The van der Waals surface area contributed by atoms with Gasteiger partial charge in [-0.15, -0.1) is 0 Å². The number of hydrogen-bond acceptors (Lipinski definition) is 12. The fourth-order valence-electron chi connectivity index (χ4n) is 4.41. The molecular weight excluding hydrogens is 727 g/mol. The second-order valence-corrected chi connectivity index (χ2v) is 30.6. The van der Waals surface area contributed by atoms with Crippen LogP contribution in [0, 0.1) is 0 Å². The van der Waals surface area contributed by atoms with Crippen LogP contribution in [0.25, 0.3) is 0 Å². The predicted molar refractivity (Wildman–Crippen MR) is 165 cm³/mol. The number of hydrogen-bond donors (Lipinski definition) is 2. The Balaban J connectivity index is 1.32. The van der Waals surface area contributed by atoms with Gasteiger partial charge in [0.05, 0.1) is 13.2 Å². The van der Waals surface area contributed by atoms with Crippen molar-refractivity contribution in [2.75, 3.05) is 52.5 Å². The lowest BCUT2D eigenvalue weighted by atomic mass is 10.3. The third kappa shape index (κ3) is 7.52. The van der Waals surface area contributed by atoms with Crippen molar-refractivity contribution in [2.45, 2.75) is 32.1 Å². The predicted octanol–water partition coefficient (Wildman–Crippen LogP) is 10.9. The average molecular weight is 755 g/mol. The van der Waals surface area contributed by atoms with E-state index in [4.69, 9.17) is 85.5 Å². The van der Waals surface area contributed by atoms with E-state index in [1.165, 1.54) is 0 Å². The molecule has 0 aromatic rings. The Morgan fingerprint density at radius 2 is 1.11 bits per heavy atom. The van der Waals surface area contributed by atoms with Gasteiger partial charge in [-0.1, -0.05) is 0 Å². The summed E-state index contributed by atoms with van der Waals surface area (Å²) < 4.78 is 44.1. The molecule has 0 aliphatic carbocycles. The van der Waals surface area contributed by atoms with Crippen molar-refractivity contribution < 1.29 is 9.05 Å². The molecule has 5 rings (SSSR count). The third-order valence-electron chi connectivity index (χ3n) is 5.88. The zero-order valence-corrected chi connectivity index (χ0v) is 29.4. The average Bonchev–Trinajstić information content (AvgIpc) is 2.75. The van der Waals surface area contributed by atoms with Crippen LogP contribution in [0.5, 0.6) is 0 Å². The fourth-order valence-corrected chi connectivity index (χ4v) is 33.8. The quantitative estimate of drug-likeness (QED) is 0.213. The van der Waals surface area contributed by atoms with Crippen LogP contribution in [-0.4, -0.2) is 61.8 Å². The van der Waals surface area contributed by atoms with E-state index in [-0.39, 0.29) is 0 Å². The fraction of sp³-hybridized carbons (Fsp3) is 1.00. The summed E-state index contributed by atoms with van der Waals surface area (Å²) in [5.74, 6) is -6.00. The maximum absolute atomic E-state index is 6.80. The third-order valence-corrected chi connectivity index (χ3v) is 29.4. The van der Waals surface area contributed by atoms with Crippen molar-refractivity contribution in [3.05, 3.63) is 0 Å². The highest BCUT2D eigenvalue weighted by Gasteiger charge is 2.43. The first-order valence-electron chi connectivity index (χ1n) is 11.7. The molecule has 24 heteroatoms. The van der Waals surface area contributed by atoms with Crippen molar-refractivity contribution in [2.24, 2.45) is 27.1 Å². The molecule has 2 spiro atoms. The van der Waals surface area contributed by atoms with Crippen molar-refractivity contribution in [1.29, 1.82) is 0 Å². The highest BCUT2D eigenvalue weighted by molar-refractivity contribution is 8.20. The van der Waals surface area contributed by atoms with E-state index in [1.807, 2.05) is 0 Å². The molecule has 0 aromatic heterocycles. The lowest BCUT2D eigenvalue weighted by molar-refractivity contribution is 0.270. The normalized spacial score (nSPS) is 41.7. The minimum absolute atomic E-state index is 0.432. The first-order valence-corrected chi connectivity index (χ1v) is 27.0. The Kier molecular flexibility index (Phi) is 10.2. The van der Waals surface area contributed by atoms with Crippen LogP contribution in [0.1, 0.15) is 32.1 Å². The lowest BCUT2D eigenvalue weighted by Crippen LogP contribution is -2.37. The summed E-state index contributed by atoms with van der Waals surface area (Å²) >= 11 is 39.2. The van der Waals surface area contributed by atoms with Gasteiger partial charge in [0.15, 0.2) is 0 Å². The van der Waals surface area contributed by atoms with Crippen LogP contribution >= 0.6 is 108 Å². The molecule has 37 heavy (non-hydrogen) atoms. The van der Waals surface area contributed by atoms with Crippen molar-refractivity contribution in [3.63, 3.8) is 0 Å². The van der Waals surface area contributed by atoms with E-state index in [0.29, 0.717) is 19.6 Å². The molecule has 0 saturated carbocycles. The standard InChI is InChI=1S/C13H28Cl6N10O2P6/c14-32(15)22-33(16,17)24-36(23-32)20-6-3-10-28(36)8-1-2-9-29-11-4-7-21-37(29)26-34(18)25-35(19,27-37)31-13-5-12-30-34/h20-21H,1-13H2. The Bertz CT molecular complexity index is 1250. The van der Waals surface area contributed by atoms with Gasteiger partial charge in [0.1, 0.15) is 0 Å². The maximum atomic E-state index is 6.80. The molecule has 5 aliphatic rings. The van der Waals surface area contributed by atoms with E-state index in [9.17, 15) is 0 Å². The largest absolute Gasteiger partial charge is 0.316 e. The molecule has 2 saturated heterocycles. The number of rotatable bonds is 5. The Hall–Kier alpha value is 2.88. The topological polar surface area (TPSA) is 123 Å². The summed E-state index contributed by atoms with van der Waals surface area (Å²) in [6.07, 6.45) is 4.34. The molecule has 5 aliphatic heterocycles. The number of fused-ring (bicyclic) bond motifs is 1. The molecule has 12 nitrogen and oxygen atoms in total. The minimum Gasteiger partial charge on any atom is -0.316 e. The van der Waals surface area contributed by atoms with Gasteiger partial charge < -0.3 is 9.05 Å². The molecular formula is C13H28Cl6N10O2P6. The van der Waals surface area contributed by atoms with Gasteiger partial charge in [-0.05, 0) is 99.5 Å². The zero-order chi connectivity index (χ0) is 26.4. The second kappa shape index (κ2) is 12.1. The summed E-state index contributed by atoms with van der Waals surface area (Å²) in [6, 6.07) is 0. The smallest absolute Gasteiger partial charge is 0.300 e. The number of nitrogens with one attached hydrogen (secondary N) is 2. The van der Waals surface area contributed by atoms with Crippen molar-refractivity contribution >= 4 is 108 Å². The first-order chi connectivity index (χ1) is 17.4. The molecule has 2 bridgehead atoms. The molecule has 2 N–H and O–H groups in total. The molecule has 0 radical (unpaired) electrons. The molecule has 4 unspecified atom stereocenters. The summed E-state index contributed by atoms with van der Waals surface area (Å²) in [4.78, 5) is 0. The SMILES string of the molecule is ClP1(Cl)=NP(Cl)(Cl)=NP2(=N1)NCCCN2CCCCN1CCCNP12=NP1(Cl)=NP(Cl)(=N2)OCCCO1. The Morgan fingerprint density at radius 3 is 1.68 bits per heavy atom. The molecule has 214 valence electrons. The summed E-state index contributed by atoms with van der Waals surface area (Å²) in [7, 11) is -5.19. The van der Waals surface area contributed by atoms with Gasteiger partial charge in [0.25, 0.3) is 11.8 Å². The van der Waals surface area contributed by atoms with Gasteiger partial charge in [-0.2, -0.15) is 27.1 Å². The van der Waals surface area contributed by atoms with E-state index in [0.717, 1.165) is 65.0 Å². The van der Waals surface area contributed by atoms with Crippen molar-refractivity contribution in [3.8, 4) is 0 Å². The second-order valence-electron chi connectivity index (χ2n) is 8.69. The minimum atomic E-state index is -3.00. The highest BCUT2D eigenvalue weighted by atomic mass is 35.9.